The van der Waals surface area contributed by atoms with E-state index in [9.17, 15) is 14.7 Å². The average Bonchev–Trinajstić information content (AvgIpc) is 3.72. The number of carbonyl (C=O) groups is 2. The molecule has 258 valence electrons. The Hall–Kier alpha value is -4.22. The van der Waals surface area contributed by atoms with Gasteiger partial charge in [0.2, 0.25) is 0 Å². The van der Waals surface area contributed by atoms with Crippen LogP contribution in [0.4, 0.5) is 0 Å². The molecular formula is C41H42N2O7. The summed E-state index contributed by atoms with van der Waals surface area (Å²) < 4.78 is 25.5. The van der Waals surface area contributed by atoms with E-state index >= 15 is 0 Å². The molecule has 0 unspecified atom stereocenters. The lowest BCUT2D eigenvalue weighted by molar-refractivity contribution is -0.278. The summed E-state index contributed by atoms with van der Waals surface area (Å²) in [5.41, 5.74) is 6.54. The van der Waals surface area contributed by atoms with Crippen LogP contribution in [0.1, 0.15) is 75.1 Å². The predicted octanol–water partition coefficient (Wildman–Crippen LogP) is 6.27. The van der Waals surface area contributed by atoms with Crippen LogP contribution in [-0.2, 0) is 32.1 Å². The highest BCUT2D eigenvalue weighted by Crippen LogP contribution is 2.43. The molecule has 50 heavy (non-hydrogen) atoms. The molecule has 1 N–H and O–H groups in total. The second-order valence-corrected chi connectivity index (χ2v) is 13.8. The highest BCUT2D eigenvalue weighted by atomic mass is 16.7. The molecule has 2 amide bonds. The maximum absolute atomic E-state index is 13.0. The summed E-state index contributed by atoms with van der Waals surface area (Å²) >= 11 is 0. The number of amides is 2. The van der Waals surface area contributed by atoms with Gasteiger partial charge >= 0.3 is 0 Å². The van der Waals surface area contributed by atoms with E-state index in [1.165, 1.54) is 4.90 Å². The van der Waals surface area contributed by atoms with E-state index in [0.29, 0.717) is 24.3 Å². The van der Waals surface area contributed by atoms with E-state index in [0.717, 1.165) is 65.9 Å². The Kier molecular flexibility index (Phi) is 9.11. The fourth-order valence-electron chi connectivity index (χ4n) is 7.72. The molecule has 1 spiro atoms. The van der Waals surface area contributed by atoms with E-state index in [1.54, 1.807) is 24.3 Å². The molecule has 0 bridgehead atoms. The number of benzene rings is 4. The van der Waals surface area contributed by atoms with Crippen molar-refractivity contribution >= 4 is 11.8 Å². The molecule has 4 aromatic rings. The van der Waals surface area contributed by atoms with Gasteiger partial charge in [0, 0.05) is 44.0 Å². The van der Waals surface area contributed by atoms with Gasteiger partial charge in [-0.1, -0.05) is 79.7 Å². The second kappa shape index (κ2) is 13.8. The lowest BCUT2D eigenvalue weighted by atomic mass is 9.89. The van der Waals surface area contributed by atoms with Crippen molar-refractivity contribution in [3.05, 3.63) is 130 Å². The van der Waals surface area contributed by atoms with Crippen molar-refractivity contribution in [3.63, 3.8) is 0 Å². The van der Waals surface area contributed by atoms with Crippen LogP contribution in [0.5, 0.6) is 0 Å². The Morgan fingerprint density at radius 1 is 0.740 bits per heavy atom. The number of ether oxygens (including phenoxy) is 4. The molecule has 0 aliphatic carbocycles. The van der Waals surface area contributed by atoms with Gasteiger partial charge in [-0.05, 0) is 52.1 Å². The molecule has 3 saturated heterocycles. The van der Waals surface area contributed by atoms with Crippen molar-refractivity contribution in [1.82, 2.24) is 9.80 Å². The number of piperidine rings is 1. The van der Waals surface area contributed by atoms with Crippen molar-refractivity contribution in [2.24, 2.45) is 5.92 Å². The Bertz CT molecular complexity index is 1830. The van der Waals surface area contributed by atoms with Gasteiger partial charge in [0.25, 0.3) is 11.8 Å². The number of carbonyl (C=O) groups excluding carboxylic acids is 2. The minimum absolute atomic E-state index is 0.00805. The summed E-state index contributed by atoms with van der Waals surface area (Å²) in [6.07, 6.45) is 0.776. The molecule has 0 radical (unpaired) electrons. The van der Waals surface area contributed by atoms with Gasteiger partial charge < -0.3 is 29.0 Å². The monoisotopic (exact) mass is 674 g/mol. The SMILES string of the molecule is C[C@@H]1[C@H](CN2CCC3(CC2)OCCO3)O[C@H](c2cccc(-c3cccc(CN4C(=O)c5ccccc5C4=O)c3)c2)O[C@@H]1c1ccc(CO)cc1. The number of fused-ring (bicyclic) bond motifs is 1. The van der Waals surface area contributed by atoms with Crippen molar-refractivity contribution in [1.29, 1.82) is 0 Å². The van der Waals surface area contributed by atoms with E-state index in [1.807, 2.05) is 60.7 Å². The van der Waals surface area contributed by atoms with E-state index in [-0.39, 0.29) is 43.1 Å². The van der Waals surface area contributed by atoms with Crippen LogP contribution in [-0.4, -0.2) is 71.5 Å². The molecule has 3 fully saturated rings. The topological polar surface area (TPSA) is 97.8 Å². The van der Waals surface area contributed by atoms with Crippen molar-refractivity contribution in [3.8, 4) is 11.1 Å². The fourth-order valence-corrected chi connectivity index (χ4v) is 7.72. The molecule has 4 aromatic carbocycles. The molecule has 0 aromatic heterocycles. The molecule has 9 heteroatoms. The quantitative estimate of drug-likeness (QED) is 0.219. The summed E-state index contributed by atoms with van der Waals surface area (Å²) in [5.74, 6) is -0.889. The summed E-state index contributed by atoms with van der Waals surface area (Å²) in [4.78, 5) is 29.8. The molecule has 4 atom stereocenters. The third-order valence-corrected chi connectivity index (χ3v) is 10.6. The first-order chi connectivity index (χ1) is 24.4. The molecule has 0 saturated carbocycles. The fraction of sp³-hybridized carbons (Fsp3) is 0.366. The third kappa shape index (κ3) is 6.41. The van der Waals surface area contributed by atoms with Crippen LogP contribution in [0.15, 0.2) is 97.1 Å². The first-order valence-electron chi connectivity index (χ1n) is 17.6. The Labute approximate surface area is 292 Å². The van der Waals surface area contributed by atoms with Gasteiger partial charge in [0.05, 0.1) is 49.7 Å². The van der Waals surface area contributed by atoms with Crippen LogP contribution < -0.4 is 0 Å². The van der Waals surface area contributed by atoms with Gasteiger partial charge in [-0.2, -0.15) is 0 Å². The van der Waals surface area contributed by atoms with Gasteiger partial charge in [0.15, 0.2) is 12.1 Å². The van der Waals surface area contributed by atoms with Crippen LogP contribution in [0.3, 0.4) is 0 Å². The maximum atomic E-state index is 13.0. The van der Waals surface area contributed by atoms with Crippen LogP contribution >= 0.6 is 0 Å². The summed E-state index contributed by atoms with van der Waals surface area (Å²) in [5, 5.41) is 9.64. The third-order valence-electron chi connectivity index (χ3n) is 10.6. The number of imide groups is 1. The first-order valence-corrected chi connectivity index (χ1v) is 17.6. The molecular weight excluding hydrogens is 632 g/mol. The highest BCUT2D eigenvalue weighted by Gasteiger charge is 2.43. The number of aliphatic hydroxyl groups is 1. The number of likely N-dealkylation sites (tertiary alicyclic amines) is 1. The summed E-state index contributed by atoms with van der Waals surface area (Å²) in [7, 11) is 0. The maximum Gasteiger partial charge on any atom is 0.261 e. The summed E-state index contributed by atoms with van der Waals surface area (Å²) in [6.45, 7) is 6.22. The van der Waals surface area contributed by atoms with Crippen molar-refractivity contribution < 1.29 is 33.6 Å². The second-order valence-electron chi connectivity index (χ2n) is 13.8. The molecule has 4 heterocycles. The predicted molar refractivity (Wildman–Crippen MR) is 186 cm³/mol. The van der Waals surface area contributed by atoms with Crippen LogP contribution in [0.2, 0.25) is 0 Å². The molecule has 4 aliphatic heterocycles. The smallest absolute Gasteiger partial charge is 0.261 e. The van der Waals surface area contributed by atoms with Crippen LogP contribution in [0, 0.1) is 5.92 Å². The van der Waals surface area contributed by atoms with Gasteiger partial charge in [-0.25, -0.2) is 0 Å². The number of nitrogens with zero attached hydrogens (tertiary/aromatic N) is 2. The van der Waals surface area contributed by atoms with Crippen molar-refractivity contribution in [2.45, 2.75) is 57.2 Å². The number of hydrogen-bond acceptors (Lipinski definition) is 8. The van der Waals surface area contributed by atoms with E-state index in [2.05, 4.69) is 24.0 Å². The zero-order chi connectivity index (χ0) is 34.2. The van der Waals surface area contributed by atoms with Crippen molar-refractivity contribution in [2.75, 3.05) is 32.8 Å². The molecule has 8 rings (SSSR count). The minimum Gasteiger partial charge on any atom is -0.392 e. The number of hydrogen-bond donors (Lipinski definition) is 1. The largest absolute Gasteiger partial charge is 0.392 e. The lowest BCUT2D eigenvalue weighted by Crippen LogP contribution is -2.50. The molecule has 9 nitrogen and oxygen atoms in total. The molecule has 4 aliphatic rings. The first kappa shape index (κ1) is 33.0. The Balaban J connectivity index is 1.03. The average molecular weight is 675 g/mol. The normalized spacial score (nSPS) is 25.0. The highest BCUT2D eigenvalue weighted by molar-refractivity contribution is 6.21. The lowest BCUT2D eigenvalue weighted by Gasteiger charge is -2.44. The van der Waals surface area contributed by atoms with E-state index in [4.69, 9.17) is 18.9 Å². The number of rotatable bonds is 8. The number of aliphatic hydroxyl groups excluding tert-OH is 1. The van der Waals surface area contributed by atoms with Crippen LogP contribution in [0.25, 0.3) is 11.1 Å². The zero-order valence-electron chi connectivity index (χ0n) is 28.2. The van der Waals surface area contributed by atoms with E-state index < -0.39 is 12.1 Å². The minimum atomic E-state index is -0.599. The Morgan fingerprint density at radius 3 is 2.08 bits per heavy atom. The van der Waals surface area contributed by atoms with Gasteiger partial charge in [0.1, 0.15) is 0 Å². The zero-order valence-corrected chi connectivity index (χ0v) is 28.2. The Morgan fingerprint density at radius 2 is 1.40 bits per heavy atom. The summed E-state index contributed by atoms with van der Waals surface area (Å²) in [6, 6.07) is 31.1. The standard InChI is InChI=1S/C41H42N2O7/c1-27-36(25-42-18-16-41(17-19-42)47-20-21-48-41)49-40(50-37(27)30-14-12-28(26-44)13-15-30)33-9-5-8-32(23-33)31-7-4-6-29(22-31)24-43-38(45)34-10-2-3-11-35(34)39(43)46/h2-15,22-23,27,36-37,40,44H,16-21,24-26H2,1H3/t27-,36+,37+,40+/m1/s1. The van der Waals surface area contributed by atoms with Gasteiger partial charge in [-0.15, -0.1) is 0 Å². The van der Waals surface area contributed by atoms with Gasteiger partial charge in [-0.3, -0.25) is 14.5 Å².